The van der Waals surface area contributed by atoms with Crippen molar-refractivity contribution in [2.24, 2.45) is 5.41 Å². The van der Waals surface area contributed by atoms with E-state index in [1.165, 1.54) is 4.88 Å². The Hall–Kier alpha value is -1.31. The van der Waals surface area contributed by atoms with Gasteiger partial charge in [0.25, 0.3) is 0 Å². The minimum atomic E-state index is 0.0993. The maximum atomic E-state index is 12.2. The van der Waals surface area contributed by atoms with Gasteiger partial charge in [-0.1, -0.05) is 25.7 Å². The predicted octanol–water partition coefficient (Wildman–Crippen LogP) is 3.02. The minimum Gasteiger partial charge on any atom is -0.395 e. The van der Waals surface area contributed by atoms with Crippen molar-refractivity contribution in [3.63, 3.8) is 0 Å². The van der Waals surface area contributed by atoms with Crippen LogP contribution < -0.4 is 0 Å². The van der Waals surface area contributed by atoms with Crippen LogP contribution in [0.4, 0.5) is 0 Å². The van der Waals surface area contributed by atoms with Gasteiger partial charge < -0.3 is 10.0 Å². The van der Waals surface area contributed by atoms with Crippen LogP contribution in [0.25, 0.3) is 0 Å². The summed E-state index contributed by atoms with van der Waals surface area (Å²) in [5.41, 5.74) is 1.24. The summed E-state index contributed by atoms with van der Waals surface area (Å²) in [5, 5.41) is 10.7. The van der Waals surface area contributed by atoms with Gasteiger partial charge in [0.2, 0.25) is 5.91 Å². The zero-order chi connectivity index (χ0) is 15.3. The molecule has 1 aliphatic heterocycles. The molecule has 1 aliphatic rings. The lowest BCUT2D eigenvalue weighted by Crippen LogP contribution is -2.29. The molecule has 1 N–H and O–H groups in total. The number of thiophene rings is 1. The summed E-state index contributed by atoms with van der Waals surface area (Å²) in [6, 6.07) is 2.05. The van der Waals surface area contributed by atoms with Crippen molar-refractivity contribution in [3.8, 4) is 11.8 Å². The molecule has 1 saturated heterocycles. The third kappa shape index (κ3) is 4.87. The summed E-state index contributed by atoms with van der Waals surface area (Å²) in [6.07, 6.45) is 3.20. The highest BCUT2D eigenvalue weighted by molar-refractivity contribution is 7.10. The lowest BCUT2D eigenvalue weighted by atomic mass is 9.85. The molecule has 4 heteroatoms. The average molecular weight is 305 g/mol. The van der Waals surface area contributed by atoms with Crippen molar-refractivity contribution < 1.29 is 9.90 Å². The lowest BCUT2D eigenvalue weighted by Gasteiger charge is -2.23. The Labute approximate surface area is 131 Å². The van der Waals surface area contributed by atoms with Crippen molar-refractivity contribution in [1.29, 1.82) is 0 Å². The number of carbonyl (C=O) groups is 1. The summed E-state index contributed by atoms with van der Waals surface area (Å²) >= 11 is 1.65. The molecule has 0 atom stereocenters. The van der Waals surface area contributed by atoms with Gasteiger partial charge in [0.05, 0.1) is 13.2 Å². The Bertz CT molecular complexity index is 551. The van der Waals surface area contributed by atoms with Crippen molar-refractivity contribution in [2.75, 3.05) is 13.2 Å². The molecule has 0 unspecified atom stereocenters. The van der Waals surface area contributed by atoms with Crippen LogP contribution >= 0.6 is 11.3 Å². The molecular formula is C17H23NO2S. The lowest BCUT2D eigenvalue weighted by molar-refractivity contribution is -0.131. The van der Waals surface area contributed by atoms with Gasteiger partial charge >= 0.3 is 0 Å². The molecule has 3 nitrogen and oxygen atoms in total. The van der Waals surface area contributed by atoms with Crippen LogP contribution in [0.3, 0.4) is 0 Å². The topological polar surface area (TPSA) is 40.5 Å². The van der Waals surface area contributed by atoms with E-state index < -0.39 is 0 Å². The number of rotatable bonds is 3. The normalized spacial score (nSPS) is 18.0. The zero-order valence-electron chi connectivity index (χ0n) is 12.8. The van der Waals surface area contributed by atoms with Gasteiger partial charge in [-0.25, -0.2) is 0 Å². The summed E-state index contributed by atoms with van der Waals surface area (Å²) < 4.78 is 0. The second kappa shape index (κ2) is 7.11. The predicted molar refractivity (Wildman–Crippen MR) is 85.9 cm³/mol. The highest BCUT2D eigenvalue weighted by Crippen LogP contribution is 2.31. The molecule has 0 bridgehead atoms. The maximum Gasteiger partial charge on any atom is 0.222 e. The fourth-order valence-corrected chi connectivity index (χ4v) is 3.23. The molecule has 2 rings (SSSR count). The van der Waals surface area contributed by atoms with Crippen LogP contribution in [0.15, 0.2) is 11.4 Å². The minimum absolute atomic E-state index is 0.0993. The Balaban J connectivity index is 1.98. The third-order valence-electron chi connectivity index (χ3n) is 3.90. The second-order valence-electron chi connectivity index (χ2n) is 6.31. The number of likely N-dealkylation sites (tertiary alicyclic amines) is 1. The van der Waals surface area contributed by atoms with Gasteiger partial charge in [-0.15, -0.1) is 11.3 Å². The molecule has 1 amide bonds. The number of carbonyl (C=O) groups excluding carboxylic acids is 1. The Morgan fingerprint density at radius 1 is 1.43 bits per heavy atom. The quantitative estimate of drug-likeness (QED) is 0.872. The van der Waals surface area contributed by atoms with E-state index in [2.05, 4.69) is 31.8 Å². The van der Waals surface area contributed by atoms with Crippen molar-refractivity contribution in [3.05, 3.63) is 21.9 Å². The fourth-order valence-electron chi connectivity index (χ4n) is 2.40. The van der Waals surface area contributed by atoms with E-state index >= 15 is 0 Å². The Morgan fingerprint density at radius 2 is 2.24 bits per heavy atom. The summed E-state index contributed by atoms with van der Waals surface area (Å²) in [4.78, 5) is 15.4. The van der Waals surface area contributed by atoms with E-state index in [4.69, 9.17) is 5.11 Å². The monoisotopic (exact) mass is 305 g/mol. The van der Waals surface area contributed by atoms with Crippen LogP contribution in [-0.2, 0) is 11.3 Å². The van der Waals surface area contributed by atoms with Crippen LogP contribution in [0, 0.1) is 17.3 Å². The first kappa shape index (κ1) is 16.1. The molecule has 21 heavy (non-hydrogen) atoms. The van der Waals surface area contributed by atoms with Crippen LogP contribution in [0.1, 0.15) is 50.0 Å². The van der Waals surface area contributed by atoms with Crippen molar-refractivity contribution >= 4 is 17.2 Å². The molecule has 0 spiro atoms. The summed E-state index contributed by atoms with van der Waals surface area (Å²) in [5.74, 6) is 6.23. The van der Waals surface area contributed by atoms with E-state index in [1.807, 2.05) is 10.3 Å². The molecular weight excluding hydrogens is 282 g/mol. The molecule has 114 valence electrons. The molecule has 0 aliphatic carbocycles. The van der Waals surface area contributed by atoms with E-state index in [0.29, 0.717) is 19.4 Å². The Kier molecular flexibility index (Phi) is 5.44. The van der Waals surface area contributed by atoms with Gasteiger partial charge in [0, 0.05) is 35.2 Å². The van der Waals surface area contributed by atoms with E-state index in [0.717, 1.165) is 24.9 Å². The Morgan fingerprint density at radius 3 is 3.00 bits per heavy atom. The van der Waals surface area contributed by atoms with Crippen molar-refractivity contribution in [2.45, 2.75) is 46.1 Å². The maximum absolute atomic E-state index is 12.2. The van der Waals surface area contributed by atoms with Crippen LogP contribution in [0.2, 0.25) is 0 Å². The van der Waals surface area contributed by atoms with E-state index in [-0.39, 0.29) is 17.9 Å². The smallest absolute Gasteiger partial charge is 0.222 e. The van der Waals surface area contributed by atoms with Crippen LogP contribution in [0.5, 0.6) is 0 Å². The molecule has 2 heterocycles. The fraction of sp³-hybridized carbons (Fsp3) is 0.588. The highest BCUT2D eigenvalue weighted by atomic mass is 32.1. The van der Waals surface area contributed by atoms with Crippen LogP contribution in [-0.4, -0.2) is 29.1 Å². The third-order valence-corrected chi connectivity index (χ3v) is 4.82. The van der Waals surface area contributed by atoms with Gasteiger partial charge in [-0.2, -0.15) is 0 Å². The molecule has 0 saturated carbocycles. The van der Waals surface area contributed by atoms with E-state index in [9.17, 15) is 4.79 Å². The number of nitrogens with zero attached hydrogens (tertiary/aromatic N) is 1. The number of aliphatic hydroxyl groups is 1. The first-order chi connectivity index (χ1) is 10.00. The van der Waals surface area contributed by atoms with Gasteiger partial charge in [0.1, 0.15) is 0 Å². The molecule has 1 aromatic rings. The number of hydrogen-bond donors (Lipinski definition) is 1. The van der Waals surface area contributed by atoms with Gasteiger partial charge in [0.15, 0.2) is 0 Å². The molecule has 0 aromatic carbocycles. The number of hydrogen-bond acceptors (Lipinski definition) is 3. The summed E-state index contributed by atoms with van der Waals surface area (Å²) in [6.45, 7) is 6.12. The highest BCUT2D eigenvalue weighted by Gasteiger charge is 2.27. The molecule has 1 fully saturated rings. The number of amides is 1. The number of aliphatic hydroxyl groups excluding tert-OH is 1. The van der Waals surface area contributed by atoms with Gasteiger partial charge in [-0.3, -0.25) is 4.79 Å². The zero-order valence-corrected chi connectivity index (χ0v) is 13.6. The standard InChI is InChI=1S/C17H23NO2S/c1-17(2)7-6-16(20)18(9-8-17)12-15-11-14(13-21-15)5-3-4-10-19/h11,13,19H,4,6-10,12H2,1-2H3. The first-order valence-electron chi connectivity index (χ1n) is 7.45. The second-order valence-corrected chi connectivity index (χ2v) is 7.30. The van der Waals surface area contributed by atoms with E-state index in [1.54, 1.807) is 11.3 Å². The van der Waals surface area contributed by atoms with Crippen molar-refractivity contribution in [1.82, 2.24) is 4.90 Å². The SMILES string of the molecule is CC1(C)CCC(=O)N(Cc2cc(C#CCCO)cs2)CC1. The first-order valence-corrected chi connectivity index (χ1v) is 8.33. The average Bonchev–Trinajstić information content (AvgIpc) is 2.84. The van der Waals surface area contributed by atoms with Gasteiger partial charge in [-0.05, 0) is 24.3 Å². The molecule has 0 radical (unpaired) electrons. The summed E-state index contributed by atoms with van der Waals surface area (Å²) in [7, 11) is 0. The largest absolute Gasteiger partial charge is 0.395 e. The molecule has 1 aromatic heterocycles.